The number of ether oxygens (including phenoxy) is 1. The summed E-state index contributed by atoms with van der Waals surface area (Å²) < 4.78 is 18.3. The van der Waals surface area contributed by atoms with Gasteiger partial charge in [-0.2, -0.15) is 0 Å². The zero-order chi connectivity index (χ0) is 12.3. The van der Waals surface area contributed by atoms with Crippen LogP contribution in [-0.4, -0.2) is 0 Å². The molecule has 0 saturated heterocycles. The zero-order valence-corrected chi connectivity index (χ0v) is 9.75. The van der Waals surface area contributed by atoms with Gasteiger partial charge in [-0.3, -0.25) is 0 Å². The van der Waals surface area contributed by atoms with E-state index >= 15 is 0 Å². The molecule has 2 N–H and O–H groups in total. The number of hydrogen-bond donors (Lipinski definition) is 1. The van der Waals surface area contributed by atoms with Gasteiger partial charge < -0.3 is 10.5 Å². The van der Waals surface area contributed by atoms with Gasteiger partial charge >= 0.3 is 0 Å². The van der Waals surface area contributed by atoms with Gasteiger partial charge in [-0.1, -0.05) is 17.7 Å². The molecule has 0 atom stereocenters. The number of rotatable bonds is 3. The second-order valence-corrected chi connectivity index (χ2v) is 3.88. The maximum absolute atomic E-state index is 12.7. The van der Waals surface area contributed by atoms with Gasteiger partial charge in [0.15, 0.2) is 0 Å². The van der Waals surface area contributed by atoms with Gasteiger partial charge in [-0.25, -0.2) is 4.39 Å². The summed E-state index contributed by atoms with van der Waals surface area (Å²) in [6, 6.07) is 11.1. The van der Waals surface area contributed by atoms with Crippen molar-refractivity contribution in [3.05, 3.63) is 58.9 Å². The van der Waals surface area contributed by atoms with Crippen LogP contribution >= 0.6 is 11.6 Å². The standard InChI is InChI=1S/C13H11ClFNO/c14-12-2-1-3-13(11(12)8-16)17-10-6-4-9(15)5-7-10/h1-7H,8,16H2. The maximum Gasteiger partial charge on any atom is 0.133 e. The van der Waals surface area contributed by atoms with Crippen LogP contribution in [0.5, 0.6) is 11.5 Å². The molecule has 0 radical (unpaired) electrons. The third-order valence-electron chi connectivity index (χ3n) is 2.32. The molecule has 0 bridgehead atoms. The molecule has 0 spiro atoms. The smallest absolute Gasteiger partial charge is 0.133 e. The normalized spacial score (nSPS) is 10.3. The summed E-state index contributed by atoms with van der Waals surface area (Å²) in [6.45, 7) is 0.288. The Bertz CT molecular complexity index is 513. The van der Waals surface area contributed by atoms with Crippen LogP contribution in [-0.2, 0) is 6.54 Å². The summed E-state index contributed by atoms with van der Waals surface area (Å²) in [7, 11) is 0. The van der Waals surface area contributed by atoms with Crippen LogP contribution < -0.4 is 10.5 Å². The zero-order valence-electron chi connectivity index (χ0n) is 8.99. The number of halogens is 2. The van der Waals surface area contributed by atoms with E-state index in [0.717, 1.165) is 5.56 Å². The molecule has 17 heavy (non-hydrogen) atoms. The minimum atomic E-state index is -0.303. The Morgan fingerprint density at radius 3 is 2.47 bits per heavy atom. The number of hydrogen-bond acceptors (Lipinski definition) is 2. The van der Waals surface area contributed by atoms with Crippen molar-refractivity contribution in [1.82, 2.24) is 0 Å². The van der Waals surface area contributed by atoms with Crippen LogP contribution in [0.25, 0.3) is 0 Å². The lowest BCUT2D eigenvalue weighted by Crippen LogP contribution is -2.00. The average Bonchev–Trinajstić information content (AvgIpc) is 2.32. The van der Waals surface area contributed by atoms with E-state index in [9.17, 15) is 4.39 Å². The van der Waals surface area contributed by atoms with Crippen molar-refractivity contribution in [1.29, 1.82) is 0 Å². The fourth-order valence-electron chi connectivity index (χ4n) is 1.46. The van der Waals surface area contributed by atoms with Gasteiger partial charge in [-0.05, 0) is 36.4 Å². The van der Waals surface area contributed by atoms with E-state index < -0.39 is 0 Å². The second-order valence-electron chi connectivity index (χ2n) is 3.48. The Morgan fingerprint density at radius 1 is 1.12 bits per heavy atom. The molecule has 2 aromatic rings. The lowest BCUT2D eigenvalue weighted by Gasteiger charge is -2.11. The highest BCUT2D eigenvalue weighted by atomic mass is 35.5. The van der Waals surface area contributed by atoms with E-state index in [1.54, 1.807) is 30.3 Å². The summed E-state index contributed by atoms with van der Waals surface area (Å²) in [5, 5.41) is 0.562. The molecule has 2 nitrogen and oxygen atoms in total. The Hall–Kier alpha value is -1.58. The van der Waals surface area contributed by atoms with Crippen LogP contribution in [0.1, 0.15) is 5.56 Å². The molecule has 0 saturated carbocycles. The summed E-state index contributed by atoms with van der Waals surface area (Å²) in [5.41, 5.74) is 6.34. The minimum absolute atomic E-state index is 0.288. The molecule has 0 amide bonds. The molecule has 0 fully saturated rings. The number of benzene rings is 2. The third kappa shape index (κ3) is 2.75. The van der Waals surface area contributed by atoms with Gasteiger partial charge in [0, 0.05) is 17.1 Å². The van der Waals surface area contributed by atoms with E-state index in [4.69, 9.17) is 22.1 Å². The van der Waals surface area contributed by atoms with Crippen molar-refractivity contribution in [3.8, 4) is 11.5 Å². The van der Waals surface area contributed by atoms with Crippen molar-refractivity contribution < 1.29 is 9.13 Å². The van der Waals surface area contributed by atoms with E-state index in [1.807, 2.05) is 0 Å². The summed E-state index contributed by atoms with van der Waals surface area (Å²) >= 11 is 6.00. The Labute approximate surface area is 104 Å². The molecule has 0 heterocycles. The lowest BCUT2D eigenvalue weighted by atomic mass is 10.2. The fourth-order valence-corrected chi connectivity index (χ4v) is 1.71. The Morgan fingerprint density at radius 2 is 1.82 bits per heavy atom. The van der Waals surface area contributed by atoms with Gasteiger partial charge in [0.05, 0.1) is 0 Å². The van der Waals surface area contributed by atoms with Gasteiger partial charge in [-0.15, -0.1) is 0 Å². The van der Waals surface area contributed by atoms with E-state index in [-0.39, 0.29) is 12.4 Å². The van der Waals surface area contributed by atoms with Crippen molar-refractivity contribution in [2.45, 2.75) is 6.54 Å². The largest absolute Gasteiger partial charge is 0.457 e. The highest BCUT2D eigenvalue weighted by Crippen LogP contribution is 2.29. The van der Waals surface area contributed by atoms with Crippen molar-refractivity contribution >= 4 is 11.6 Å². The molecule has 2 rings (SSSR count). The lowest BCUT2D eigenvalue weighted by molar-refractivity contribution is 0.474. The van der Waals surface area contributed by atoms with Gasteiger partial charge in [0.1, 0.15) is 17.3 Å². The first kappa shape index (κ1) is 11.9. The van der Waals surface area contributed by atoms with Crippen molar-refractivity contribution in [3.63, 3.8) is 0 Å². The van der Waals surface area contributed by atoms with E-state index in [2.05, 4.69) is 0 Å². The monoisotopic (exact) mass is 251 g/mol. The first-order valence-corrected chi connectivity index (χ1v) is 5.49. The quantitative estimate of drug-likeness (QED) is 0.902. The van der Waals surface area contributed by atoms with Crippen molar-refractivity contribution in [2.24, 2.45) is 5.73 Å². The summed E-state index contributed by atoms with van der Waals surface area (Å²) in [4.78, 5) is 0. The molecule has 88 valence electrons. The van der Waals surface area contributed by atoms with Gasteiger partial charge in [0.2, 0.25) is 0 Å². The van der Waals surface area contributed by atoms with Crippen LogP contribution in [0.15, 0.2) is 42.5 Å². The number of nitrogens with two attached hydrogens (primary N) is 1. The third-order valence-corrected chi connectivity index (χ3v) is 2.68. The molecule has 2 aromatic carbocycles. The highest BCUT2D eigenvalue weighted by molar-refractivity contribution is 6.31. The SMILES string of the molecule is NCc1c(Cl)cccc1Oc1ccc(F)cc1. The first-order valence-electron chi connectivity index (χ1n) is 5.11. The second kappa shape index (κ2) is 5.17. The van der Waals surface area contributed by atoms with Crippen LogP contribution in [0.4, 0.5) is 4.39 Å². The average molecular weight is 252 g/mol. The molecule has 0 aliphatic heterocycles. The van der Waals surface area contributed by atoms with Crippen LogP contribution in [0, 0.1) is 5.82 Å². The Kier molecular flexibility index (Phi) is 3.61. The Balaban J connectivity index is 2.29. The molecular weight excluding hydrogens is 241 g/mol. The molecule has 0 aliphatic carbocycles. The summed E-state index contributed by atoms with van der Waals surface area (Å²) in [6.07, 6.45) is 0. The van der Waals surface area contributed by atoms with Crippen molar-refractivity contribution in [2.75, 3.05) is 0 Å². The first-order chi connectivity index (χ1) is 8.20. The molecule has 0 unspecified atom stereocenters. The predicted octanol–water partition coefficient (Wildman–Crippen LogP) is 3.73. The maximum atomic E-state index is 12.7. The van der Waals surface area contributed by atoms with Gasteiger partial charge in [0.25, 0.3) is 0 Å². The predicted molar refractivity (Wildman–Crippen MR) is 65.8 cm³/mol. The highest BCUT2D eigenvalue weighted by Gasteiger charge is 2.07. The fraction of sp³-hybridized carbons (Fsp3) is 0.0769. The van der Waals surface area contributed by atoms with E-state index in [0.29, 0.717) is 16.5 Å². The molecular formula is C13H11ClFNO. The topological polar surface area (TPSA) is 35.2 Å². The molecule has 0 aromatic heterocycles. The minimum Gasteiger partial charge on any atom is -0.457 e. The molecule has 4 heteroatoms. The summed E-state index contributed by atoms with van der Waals surface area (Å²) in [5.74, 6) is 0.831. The van der Waals surface area contributed by atoms with Crippen LogP contribution in [0.3, 0.4) is 0 Å². The molecule has 0 aliphatic rings. The van der Waals surface area contributed by atoms with Crippen LogP contribution in [0.2, 0.25) is 5.02 Å². The van der Waals surface area contributed by atoms with E-state index in [1.165, 1.54) is 12.1 Å².